The number of ether oxygens (including phenoxy) is 1. The molecule has 1 atom stereocenters. The summed E-state index contributed by atoms with van der Waals surface area (Å²) in [6.07, 6.45) is 2.18. The van der Waals surface area contributed by atoms with Gasteiger partial charge >= 0.3 is 0 Å². The van der Waals surface area contributed by atoms with Gasteiger partial charge in [0.15, 0.2) is 0 Å². The Bertz CT molecular complexity index is 931. The van der Waals surface area contributed by atoms with Crippen LogP contribution in [0, 0.1) is 11.6 Å². The molecule has 0 unspecified atom stereocenters. The molecule has 2 aliphatic rings. The van der Waals surface area contributed by atoms with Crippen molar-refractivity contribution < 1.29 is 18.3 Å². The highest BCUT2D eigenvalue weighted by Crippen LogP contribution is 2.22. The molecule has 32 heavy (non-hydrogen) atoms. The Morgan fingerprint density at radius 2 is 1.78 bits per heavy atom. The van der Waals surface area contributed by atoms with Gasteiger partial charge in [-0.3, -0.25) is 14.6 Å². The summed E-state index contributed by atoms with van der Waals surface area (Å²) in [6, 6.07) is 12.1. The van der Waals surface area contributed by atoms with E-state index in [9.17, 15) is 13.6 Å². The lowest BCUT2D eigenvalue weighted by Crippen LogP contribution is -2.50. The fourth-order valence-corrected chi connectivity index (χ4v) is 4.73. The molecule has 2 aliphatic heterocycles. The molecule has 5 nitrogen and oxygen atoms in total. The van der Waals surface area contributed by atoms with Crippen LogP contribution >= 0.6 is 0 Å². The van der Waals surface area contributed by atoms with Crippen molar-refractivity contribution in [1.82, 2.24) is 14.7 Å². The maximum Gasteiger partial charge on any atom is 0.222 e. The van der Waals surface area contributed by atoms with Gasteiger partial charge < -0.3 is 9.64 Å². The number of carbonyl (C=O) groups is 1. The third-order valence-electron chi connectivity index (χ3n) is 6.62. The summed E-state index contributed by atoms with van der Waals surface area (Å²) >= 11 is 0. The molecule has 4 rings (SSSR count). The third kappa shape index (κ3) is 5.64. The lowest BCUT2D eigenvalue weighted by Gasteiger charge is -2.39. The Morgan fingerprint density at radius 1 is 0.969 bits per heavy atom. The molecule has 0 saturated carbocycles. The normalized spacial score (nSPS) is 20.9. The predicted octanol–water partition coefficient (Wildman–Crippen LogP) is 3.67. The summed E-state index contributed by atoms with van der Waals surface area (Å²) in [4.78, 5) is 19.3. The first kappa shape index (κ1) is 22.7. The van der Waals surface area contributed by atoms with E-state index in [1.807, 2.05) is 12.1 Å². The highest BCUT2D eigenvalue weighted by molar-refractivity contribution is 5.76. The quantitative estimate of drug-likeness (QED) is 0.683. The number of benzene rings is 2. The van der Waals surface area contributed by atoms with Gasteiger partial charge in [-0.05, 0) is 36.6 Å². The fraction of sp³-hybridized carbons (Fsp3) is 0.480. The molecular formula is C25H31F2N3O2. The van der Waals surface area contributed by atoms with E-state index >= 15 is 0 Å². The van der Waals surface area contributed by atoms with Crippen LogP contribution in [-0.2, 0) is 17.9 Å². The zero-order valence-corrected chi connectivity index (χ0v) is 18.6. The molecule has 0 bridgehead atoms. The highest BCUT2D eigenvalue weighted by atomic mass is 19.1. The zero-order chi connectivity index (χ0) is 22.5. The zero-order valence-electron chi connectivity index (χ0n) is 18.6. The lowest BCUT2D eigenvalue weighted by atomic mass is 10.1. The van der Waals surface area contributed by atoms with Crippen molar-refractivity contribution in [3.63, 3.8) is 0 Å². The first-order valence-corrected chi connectivity index (χ1v) is 11.3. The Kier molecular flexibility index (Phi) is 7.37. The van der Waals surface area contributed by atoms with E-state index in [2.05, 4.69) is 21.9 Å². The number of amides is 1. The molecule has 0 N–H and O–H groups in total. The van der Waals surface area contributed by atoms with E-state index < -0.39 is 11.6 Å². The number of likely N-dealkylation sites (tertiary alicyclic amines) is 1. The van der Waals surface area contributed by atoms with Gasteiger partial charge in [-0.25, -0.2) is 8.78 Å². The third-order valence-corrected chi connectivity index (χ3v) is 6.62. The van der Waals surface area contributed by atoms with E-state index in [1.54, 1.807) is 12.0 Å². The van der Waals surface area contributed by atoms with Crippen molar-refractivity contribution in [3.05, 3.63) is 65.2 Å². The van der Waals surface area contributed by atoms with Crippen molar-refractivity contribution in [3.8, 4) is 5.75 Å². The van der Waals surface area contributed by atoms with Crippen LogP contribution in [-0.4, -0.2) is 66.5 Å². The van der Waals surface area contributed by atoms with Crippen LogP contribution in [0.25, 0.3) is 0 Å². The number of hydrogen-bond acceptors (Lipinski definition) is 4. The number of methoxy groups -OCH3 is 1. The topological polar surface area (TPSA) is 36.0 Å². The van der Waals surface area contributed by atoms with Gasteiger partial charge in [-0.1, -0.05) is 18.2 Å². The molecule has 2 heterocycles. The van der Waals surface area contributed by atoms with Crippen molar-refractivity contribution in [2.45, 2.75) is 38.4 Å². The summed E-state index contributed by atoms with van der Waals surface area (Å²) in [7, 11) is 1.69. The molecule has 2 aromatic carbocycles. The smallest absolute Gasteiger partial charge is 0.222 e. The van der Waals surface area contributed by atoms with Crippen LogP contribution in [0.3, 0.4) is 0 Å². The van der Waals surface area contributed by atoms with E-state index in [1.165, 1.54) is 17.7 Å². The predicted molar refractivity (Wildman–Crippen MR) is 119 cm³/mol. The molecule has 2 aromatic rings. The second-order valence-electron chi connectivity index (χ2n) is 8.70. The Balaban J connectivity index is 1.28. The van der Waals surface area contributed by atoms with Crippen molar-refractivity contribution in [2.24, 2.45) is 0 Å². The van der Waals surface area contributed by atoms with Crippen LogP contribution in [0.4, 0.5) is 8.78 Å². The van der Waals surface area contributed by atoms with Gasteiger partial charge in [0.1, 0.15) is 17.4 Å². The van der Waals surface area contributed by atoms with Crippen LogP contribution in [0.5, 0.6) is 5.75 Å². The van der Waals surface area contributed by atoms with Crippen molar-refractivity contribution >= 4 is 5.91 Å². The average Bonchev–Trinajstić information content (AvgIpc) is 2.98. The monoisotopic (exact) mass is 443 g/mol. The van der Waals surface area contributed by atoms with Crippen LogP contribution in [0.2, 0.25) is 0 Å². The number of nitrogens with zero attached hydrogens (tertiary/aromatic N) is 3. The minimum Gasteiger partial charge on any atom is -0.497 e. The fourth-order valence-electron chi connectivity index (χ4n) is 4.73. The van der Waals surface area contributed by atoms with Gasteiger partial charge in [0.05, 0.1) is 7.11 Å². The molecule has 7 heteroatoms. The van der Waals surface area contributed by atoms with Crippen LogP contribution in [0.1, 0.15) is 30.4 Å². The highest BCUT2D eigenvalue weighted by Gasteiger charge is 2.29. The lowest BCUT2D eigenvalue weighted by molar-refractivity contribution is -0.131. The summed E-state index contributed by atoms with van der Waals surface area (Å²) in [5.74, 6) is -0.257. The van der Waals surface area contributed by atoms with Gasteiger partial charge in [-0.2, -0.15) is 0 Å². The maximum absolute atomic E-state index is 14.0. The molecule has 172 valence electrons. The van der Waals surface area contributed by atoms with Crippen LogP contribution in [0.15, 0.2) is 42.5 Å². The second-order valence-corrected chi connectivity index (χ2v) is 8.70. The molecule has 0 aromatic heterocycles. The molecule has 1 amide bonds. The minimum absolute atomic E-state index is 0.0490. The maximum atomic E-state index is 14.0. The molecule has 2 fully saturated rings. The second kappa shape index (κ2) is 10.4. The minimum atomic E-state index is -0.598. The standard InChI is InChI=1S/C25H31F2N3O2/c1-32-23-4-2-3-19(15-23)17-28-11-13-29(14-12-28)22-7-8-25(31)30(10-9-22)18-20-5-6-21(26)16-24(20)27/h2-6,15-16,22H,7-14,17-18H2,1H3/t22-/m1/s1. The summed E-state index contributed by atoms with van der Waals surface area (Å²) in [6.45, 7) is 5.66. The van der Waals surface area contributed by atoms with Gasteiger partial charge in [0, 0.05) is 69.9 Å². The molecule has 0 radical (unpaired) electrons. The Hall–Kier alpha value is -2.51. The van der Waals surface area contributed by atoms with Gasteiger partial charge in [0.2, 0.25) is 5.91 Å². The molecule has 2 saturated heterocycles. The number of carbonyl (C=O) groups excluding carboxylic acids is 1. The summed E-state index contributed by atoms with van der Waals surface area (Å²) < 4.78 is 32.5. The molecular weight excluding hydrogens is 412 g/mol. The summed E-state index contributed by atoms with van der Waals surface area (Å²) in [5, 5.41) is 0. The number of halogens is 2. The van der Waals surface area contributed by atoms with Crippen LogP contribution < -0.4 is 4.74 Å². The largest absolute Gasteiger partial charge is 0.497 e. The Morgan fingerprint density at radius 3 is 2.53 bits per heavy atom. The number of hydrogen-bond donors (Lipinski definition) is 0. The first-order valence-electron chi connectivity index (χ1n) is 11.3. The number of piperazine rings is 1. The van der Waals surface area contributed by atoms with Gasteiger partial charge in [-0.15, -0.1) is 0 Å². The molecule has 0 spiro atoms. The molecule has 0 aliphatic carbocycles. The van der Waals surface area contributed by atoms with E-state index in [0.29, 0.717) is 24.6 Å². The van der Waals surface area contributed by atoms with E-state index in [-0.39, 0.29) is 12.5 Å². The average molecular weight is 444 g/mol. The first-order chi connectivity index (χ1) is 15.5. The van der Waals surface area contributed by atoms with Crippen molar-refractivity contribution in [1.29, 1.82) is 0 Å². The summed E-state index contributed by atoms with van der Waals surface area (Å²) in [5.41, 5.74) is 1.62. The van der Waals surface area contributed by atoms with Gasteiger partial charge in [0.25, 0.3) is 0 Å². The van der Waals surface area contributed by atoms with Crippen molar-refractivity contribution in [2.75, 3.05) is 39.8 Å². The van der Waals surface area contributed by atoms with E-state index in [4.69, 9.17) is 4.74 Å². The SMILES string of the molecule is COc1cccc(CN2CCN([C@@H]3CCC(=O)N(Cc4ccc(F)cc4F)CC3)CC2)c1. The number of rotatable bonds is 6. The van der Waals surface area contributed by atoms with E-state index in [0.717, 1.165) is 57.4 Å². The Labute approximate surface area is 188 Å².